The SMILES string of the molecule is CCCNC(c1cnn(CCC)c1)C(CC)(CC)OC. The van der Waals surface area contributed by atoms with Gasteiger partial charge in [0.05, 0.1) is 17.8 Å². The van der Waals surface area contributed by atoms with E-state index in [1.165, 1.54) is 5.56 Å². The fourth-order valence-electron chi connectivity index (χ4n) is 2.84. The van der Waals surface area contributed by atoms with Crippen molar-refractivity contribution in [3.8, 4) is 0 Å². The molecule has 20 heavy (non-hydrogen) atoms. The van der Waals surface area contributed by atoms with Gasteiger partial charge in [0, 0.05) is 25.4 Å². The number of aromatic nitrogens is 2. The summed E-state index contributed by atoms with van der Waals surface area (Å²) in [5, 5.41) is 8.13. The van der Waals surface area contributed by atoms with E-state index in [-0.39, 0.29) is 11.6 Å². The fourth-order valence-corrected chi connectivity index (χ4v) is 2.84. The molecule has 0 bridgehead atoms. The van der Waals surface area contributed by atoms with Gasteiger partial charge in [-0.3, -0.25) is 4.68 Å². The minimum atomic E-state index is -0.157. The lowest BCUT2D eigenvalue weighted by Gasteiger charge is -2.38. The van der Waals surface area contributed by atoms with Crippen LogP contribution in [0.4, 0.5) is 0 Å². The van der Waals surface area contributed by atoms with E-state index in [1.807, 2.05) is 18.0 Å². The topological polar surface area (TPSA) is 39.1 Å². The highest BCUT2D eigenvalue weighted by molar-refractivity contribution is 5.16. The Labute approximate surface area is 123 Å². The molecule has 4 nitrogen and oxygen atoms in total. The third-order valence-electron chi connectivity index (χ3n) is 4.17. The normalized spacial score (nSPS) is 13.7. The predicted octanol–water partition coefficient (Wildman–Crippen LogP) is 3.54. The smallest absolute Gasteiger partial charge is 0.0868 e. The number of hydrogen-bond donors (Lipinski definition) is 1. The van der Waals surface area contributed by atoms with Crippen LogP contribution in [0.3, 0.4) is 0 Å². The van der Waals surface area contributed by atoms with Gasteiger partial charge >= 0.3 is 0 Å². The highest BCUT2D eigenvalue weighted by Gasteiger charge is 2.37. The third kappa shape index (κ3) is 3.83. The predicted molar refractivity (Wildman–Crippen MR) is 83.9 cm³/mol. The highest BCUT2D eigenvalue weighted by atomic mass is 16.5. The molecule has 1 aromatic heterocycles. The molecule has 1 atom stereocenters. The van der Waals surface area contributed by atoms with Gasteiger partial charge in [0.25, 0.3) is 0 Å². The lowest BCUT2D eigenvalue weighted by atomic mass is 9.85. The maximum Gasteiger partial charge on any atom is 0.0868 e. The van der Waals surface area contributed by atoms with Gasteiger partial charge in [0.2, 0.25) is 0 Å². The van der Waals surface area contributed by atoms with Crippen LogP contribution in [-0.4, -0.2) is 29.0 Å². The Morgan fingerprint density at radius 2 is 1.95 bits per heavy atom. The van der Waals surface area contributed by atoms with Crippen molar-refractivity contribution in [3.05, 3.63) is 18.0 Å². The molecule has 0 spiro atoms. The van der Waals surface area contributed by atoms with Gasteiger partial charge in [0.15, 0.2) is 0 Å². The second-order valence-electron chi connectivity index (χ2n) is 5.40. The summed E-state index contributed by atoms with van der Waals surface area (Å²) in [7, 11) is 1.82. The zero-order valence-electron chi connectivity index (χ0n) is 13.8. The number of methoxy groups -OCH3 is 1. The van der Waals surface area contributed by atoms with Crippen molar-refractivity contribution in [2.75, 3.05) is 13.7 Å². The van der Waals surface area contributed by atoms with E-state index in [9.17, 15) is 0 Å². The summed E-state index contributed by atoms with van der Waals surface area (Å²) in [5.41, 5.74) is 1.08. The maximum atomic E-state index is 5.92. The molecule has 0 aliphatic rings. The molecule has 1 heterocycles. The van der Waals surface area contributed by atoms with E-state index < -0.39 is 0 Å². The summed E-state index contributed by atoms with van der Waals surface area (Å²) in [4.78, 5) is 0. The standard InChI is InChI=1S/C16H31N3O/c1-6-10-17-15(16(8-3,9-4)20-5)14-12-18-19(13-14)11-7-2/h12-13,15,17H,6-11H2,1-5H3. The van der Waals surface area contributed by atoms with E-state index in [1.54, 1.807) is 0 Å². The maximum absolute atomic E-state index is 5.92. The molecule has 0 saturated heterocycles. The second-order valence-corrected chi connectivity index (χ2v) is 5.40. The van der Waals surface area contributed by atoms with Gasteiger partial charge in [-0.25, -0.2) is 0 Å². The minimum absolute atomic E-state index is 0.157. The number of aryl methyl sites for hydroxylation is 1. The Morgan fingerprint density at radius 1 is 1.25 bits per heavy atom. The van der Waals surface area contributed by atoms with Gasteiger partial charge in [-0.05, 0) is 32.2 Å². The van der Waals surface area contributed by atoms with Gasteiger partial charge in [0.1, 0.15) is 0 Å². The molecule has 0 fully saturated rings. The molecule has 0 saturated carbocycles. The fraction of sp³-hybridized carbons (Fsp3) is 0.812. The Balaban J connectivity index is 3.02. The molecule has 1 aromatic rings. The monoisotopic (exact) mass is 281 g/mol. The zero-order valence-corrected chi connectivity index (χ0v) is 13.8. The summed E-state index contributed by atoms with van der Waals surface area (Å²) >= 11 is 0. The first-order valence-electron chi connectivity index (χ1n) is 7.98. The van der Waals surface area contributed by atoms with E-state index in [0.29, 0.717) is 0 Å². The largest absolute Gasteiger partial charge is 0.376 e. The molecule has 1 unspecified atom stereocenters. The molecule has 1 N–H and O–H groups in total. The van der Waals surface area contributed by atoms with Crippen molar-refractivity contribution in [2.45, 2.75) is 71.6 Å². The Hall–Kier alpha value is -0.870. The van der Waals surface area contributed by atoms with E-state index in [4.69, 9.17) is 4.74 Å². The zero-order chi connectivity index (χ0) is 15.0. The first kappa shape index (κ1) is 17.2. The molecule has 0 amide bonds. The second kappa shape index (κ2) is 8.42. The summed E-state index contributed by atoms with van der Waals surface area (Å²) in [5.74, 6) is 0. The molecule has 1 rings (SSSR count). The van der Waals surface area contributed by atoms with Crippen LogP contribution < -0.4 is 5.32 Å². The lowest BCUT2D eigenvalue weighted by molar-refractivity contribution is -0.0485. The van der Waals surface area contributed by atoms with Crippen molar-refractivity contribution in [1.82, 2.24) is 15.1 Å². The highest BCUT2D eigenvalue weighted by Crippen LogP contribution is 2.34. The van der Waals surface area contributed by atoms with Crippen LogP contribution in [0.2, 0.25) is 0 Å². The van der Waals surface area contributed by atoms with Crippen molar-refractivity contribution in [3.63, 3.8) is 0 Å². The van der Waals surface area contributed by atoms with Crippen LogP contribution >= 0.6 is 0 Å². The third-order valence-corrected chi connectivity index (χ3v) is 4.17. The number of nitrogens with zero attached hydrogens (tertiary/aromatic N) is 2. The average molecular weight is 281 g/mol. The lowest BCUT2D eigenvalue weighted by Crippen LogP contribution is -2.45. The number of nitrogens with one attached hydrogen (secondary N) is 1. The number of ether oxygens (including phenoxy) is 1. The van der Waals surface area contributed by atoms with Crippen LogP contribution in [0.15, 0.2) is 12.4 Å². The van der Waals surface area contributed by atoms with Crippen LogP contribution in [0.1, 0.15) is 65.0 Å². The van der Waals surface area contributed by atoms with E-state index >= 15 is 0 Å². The van der Waals surface area contributed by atoms with Crippen LogP contribution in [-0.2, 0) is 11.3 Å². The molecule has 4 heteroatoms. The average Bonchev–Trinajstić information content (AvgIpc) is 2.93. The van der Waals surface area contributed by atoms with Crippen LogP contribution in [0.5, 0.6) is 0 Å². The number of hydrogen-bond acceptors (Lipinski definition) is 3. The van der Waals surface area contributed by atoms with Crippen LogP contribution in [0.25, 0.3) is 0 Å². The summed E-state index contributed by atoms with van der Waals surface area (Å²) in [6, 6.07) is 0.202. The van der Waals surface area contributed by atoms with Gasteiger partial charge in [-0.1, -0.05) is 27.7 Å². The van der Waals surface area contributed by atoms with E-state index in [2.05, 4.69) is 44.3 Å². The van der Waals surface area contributed by atoms with Crippen molar-refractivity contribution < 1.29 is 4.74 Å². The molecular formula is C16H31N3O. The Kier molecular flexibility index (Phi) is 7.24. The van der Waals surface area contributed by atoms with Crippen molar-refractivity contribution in [1.29, 1.82) is 0 Å². The van der Waals surface area contributed by atoms with Crippen molar-refractivity contribution in [2.24, 2.45) is 0 Å². The van der Waals surface area contributed by atoms with Gasteiger partial charge in [-0.2, -0.15) is 5.10 Å². The Morgan fingerprint density at radius 3 is 2.45 bits per heavy atom. The summed E-state index contributed by atoms with van der Waals surface area (Å²) in [6.45, 7) is 10.7. The summed E-state index contributed by atoms with van der Waals surface area (Å²) in [6.07, 6.45) is 8.34. The first-order valence-corrected chi connectivity index (χ1v) is 7.98. The minimum Gasteiger partial charge on any atom is -0.376 e. The number of rotatable bonds is 10. The van der Waals surface area contributed by atoms with Crippen molar-refractivity contribution >= 4 is 0 Å². The Bertz CT molecular complexity index is 363. The molecule has 0 aliphatic carbocycles. The quantitative estimate of drug-likeness (QED) is 0.713. The molecule has 0 aliphatic heterocycles. The molecular weight excluding hydrogens is 250 g/mol. The van der Waals surface area contributed by atoms with Crippen LogP contribution in [0, 0.1) is 0 Å². The first-order chi connectivity index (χ1) is 9.67. The molecule has 0 aromatic carbocycles. The summed E-state index contributed by atoms with van der Waals surface area (Å²) < 4.78 is 7.95. The van der Waals surface area contributed by atoms with Gasteiger partial charge in [-0.15, -0.1) is 0 Å². The van der Waals surface area contributed by atoms with Gasteiger partial charge < -0.3 is 10.1 Å². The van der Waals surface area contributed by atoms with E-state index in [0.717, 1.165) is 38.8 Å². The molecule has 116 valence electrons. The molecule has 0 radical (unpaired) electrons.